The second kappa shape index (κ2) is 27.2. The Kier molecular flexibility index (Phi) is 25.1. The van der Waals surface area contributed by atoms with Crippen LogP contribution < -0.4 is 37.2 Å². The summed E-state index contributed by atoms with van der Waals surface area (Å²) in [6.07, 6.45) is -1.99. The first-order chi connectivity index (χ1) is 26.6. The quantitative estimate of drug-likeness (QED) is 0.0400. The number of nitrogens with one attached hydrogen (secondary N) is 7. The highest BCUT2D eigenvalue weighted by Crippen LogP contribution is 2.12. The zero-order chi connectivity index (χ0) is 44.0. The average molecular weight is 832 g/mol. The summed E-state index contributed by atoms with van der Waals surface area (Å²) in [5, 5.41) is 28.2. The van der Waals surface area contributed by atoms with Crippen molar-refractivity contribution in [2.75, 3.05) is 24.8 Å². The van der Waals surface area contributed by atoms with Gasteiger partial charge in [0.25, 0.3) is 0 Å². The highest BCUT2D eigenvalue weighted by Gasteiger charge is 2.34. The topological polar surface area (TPSA) is 277 Å². The number of carbonyl (C=O) groups is 9. The van der Waals surface area contributed by atoms with Crippen molar-refractivity contribution in [3.05, 3.63) is 0 Å². The van der Waals surface area contributed by atoms with E-state index in [1.165, 1.54) is 13.8 Å². The third-order valence-electron chi connectivity index (χ3n) is 8.26. The van der Waals surface area contributed by atoms with Crippen LogP contribution in [0.5, 0.6) is 0 Å². The molecule has 0 rings (SSSR count). The molecule has 7 unspecified atom stereocenters. The summed E-state index contributed by atoms with van der Waals surface area (Å²) in [6.45, 7) is 16.9. The van der Waals surface area contributed by atoms with E-state index < -0.39 is 114 Å². The minimum absolute atomic E-state index is 0.0407. The maximum absolute atomic E-state index is 13.4. The summed E-state index contributed by atoms with van der Waals surface area (Å²) in [4.78, 5) is 114. The van der Waals surface area contributed by atoms with Gasteiger partial charge >= 0.3 is 11.9 Å². The van der Waals surface area contributed by atoms with Crippen molar-refractivity contribution in [2.24, 2.45) is 17.8 Å². The summed E-state index contributed by atoms with van der Waals surface area (Å²) in [6, 6.07) is -5.74. The smallest absolute Gasteiger partial charge is 0.305 e. The van der Waals surface area contributed by atoms with Crippen molar-refractivity contribution in [3.8, 4) is 0 Å². The summed E-state index contributed by atoms with van der Waals surface area (Å²) >= 11 is 1.12. The van der Waals surface area contributed by atoms with Crippen molar-refractivity contribution in [3.63, 3.8) is 0 Å². The molecule has 57 heavy (non-hydrogen) atoms. The zero-order valence-electron chi connectivity index (χ0n) is 35.1. The molecule has 0 fully saturated rings. The third kappa shape index (κ3) is 20.5. The van der Waals surface area contributed by atoms with Gasteiger partial charge in [-0.1, -0.05) is 62.3 Å². The van der Waals surface area contributed by atoms with Crippen LogP contribution in [0.25, 0.3) is 0 Å². The highest BCUT2D eigenvalue weighted by atomic mass is 32.2. The van der Waals surface area contributed by atoms with Crippen LogP contribution in [0.1, 0.15) is 95.4 Å². The van der Waals surface area contributed by atoms with Gasteiger partial charge in [0.2, 0.25) is 41.4 Å². The molecule has 7 amide bonds. The summed E-state index contributed by atoms with van der Waals surface area (Å²) < 4.78 is 10.5. The molecule has 20 heteroatoms. The molecule has 7 atom stereocenters. The van der Waals surface area contributed by atoms with Crippen LogP contribution in [0.4, 0.5) is 0 Å². The Bertz CT molecular complexity index is 1380. The van der Waals surface area contributed by atoms with Gasteiger partial charge in [0, 0.05) is 37.7 Å². The Balaban J connectivity index is 5.65. The number of carbonyl (C=O) groups excluding carboxylic acids is 9. The molecule has 0 bridgehead atoms. The van der Waals surface area contributed by atoms with Crippen LogP contribution in [0.3, 0.4) is 0 Å². The van der Waals surface area contributed by atoms with Crippen LogP contribution in [0, 0.1) is 17.8 Å². The molecular weight excluding hydrogens is 767 g/mol. The van der Waals surface area contributed by atoms with E-state index in [1.807, 2.05) is 0 Å². The number of esters is 2. The lowest BCUT2D eigenvalue weighted by atomic mass is 9.98. The van der Waals surface area contributed by atoms with Crippen LogP contribution in [-0.2, 0) is 52.6 Å². The normalized spacial score (nSPS) is 14.8. The van der Waals surface area contributed by atoms with E-state index in [4.69, 9.17) is 9.47 Å². The monoisotopic (exact) mass is 831 g/mol. The van der Waals surface area contributed by atoms with Crippen LogP contribution in [-0.4, -0.2) is 126 Å². The zero-order valence-corrected chi connectivity index (χ0v) is 35.9. The van der Waals surface area contributed by atoms with E-state index in [2.05, 4.69) is 37.2 Å². The summed E-state index contributed by atoms with van der Waals surface area (Å²) in [5.74, 6) is -6.47. The van der Waals surface area contributed by atoms with Crippen LogP contribution >= 0.6 is 11.8 Å². The van der Waals surface area contributed by atoms with Gasteiger partial charge in [0.1, 0.15) is 42.9 Å². The van der Waals surface area contributed by atoms with Crippen molar-refractivity contribution in [1.82, 2.24) is 37.2 Å². The van der Waals surface area contributed by atoms with E-state index in [1.54, 1.807) is 62.3 Å². The summed E-state index contributed by atoms with van der Waals surface area (Å²) in [7, 11) is 0. The largest absolute Gasteiger partial charge is 0.462 e. The molecule has 0 saturated carbocycles. The number of amides is 7. The first-order valence-electron chi connectivity index (χ1n) is 19.2. The number of ether oxygens (including phenoxy) is 2. The minimum Gasteiger partial charge on any atom is -0.462 e. The van der Waals surface area contributed by atoms with Crippen molar-refractivity contribution in [1.29, 1.82) is 0 Å². The standard InChI is InChI=1S/C37H65N7O12S/c1-12-26(47)41-25(17-57-16-24(56-28(49)14-3)15-55-27(48)13-2)33(50)44-32(22(10)45)35(52)39-18-38-34(51)29(19(4)5)42-37(54)31(21(8)9)43-36(53)30(20(6)7)40-23(11)46/h19-22,24-25,29-32,45H,12-18H2,1-11H3,(H,38,51)(H,39,52)(H,40,46)(H,41,47)(H,42,54)(H,43,53)(H,44,50). The van der Waals surface area contributed by atoms with Crippen molar-refractivity contribution >= 4 is 65.1 Å². The number of rotatable bonds is 26. The molecule has 0 radical (unpaired) electrons. The molecule has 0 aromatic carbocycles. The van der Waals surface area contributed by atoms with Gasteiger partial charge in [-0.15, -0.1) is 0 Å². The van der Waals surface area contributed by atoms with Gasteiger partial charge in [-0.2, -0.15) is 11.8 Å². The Morgan fingerprint density at radius 2 is 1.02 bits per heavy atom. The number of hydrogen-bond acceptors (Lipinski definition) is 13. The Morgan fingerprint density at radius 3 is 1.46 bits per heavy atom. The molecular formula is C37H65N7O12S. The Morgan fingerprint density at radius 1 is 0.561 bits per heavy atom. The van der Waals surface area contributed by atoms with Gasteiger partial charge in [-0.3, -0.25) is 43.2 Å². The number of aliphatic hydroxyl groups excluding tert-OH is 1. The fourth-order valence-corrected chi connectivity index (χ4v) is 5.91. The van der Waals surface area contributed by atoms with Crippen LogP contribution in [0.15, 0.2) is 0 Å². The number of thioether (sulfide) groups is 1. The van der Waals surface area contributed by atoms with E-state index in [0.29, 0.717) is 0 Å². The predicted octanol–water partition coefficient (Wildman–Crippen LogP) is -0.613. The molecule has 0 saturated heterocycles. The van der Waals surface area contributed by atoms with E-state index in [0.717, 1.165) is 11.8 Å². The lowest BCUT2D eigenvalue weighted by molar-refractivity contribution is -0.157. The molecule has 0 aromatic heterocycles. The van der Waals surface area contributed by atoms with Gasteiger partial charge < -0.3 is 51.8 Å². The fourth-order valence-electron chi connectivity index (χ4n) is 4.88. The molecule has 19 nitrogen and oxygen atoms in total. The van der Waals surface area contributed by atoms with Gasteiger partial charge in [0.05, 0.1) is 12.8 Å². The molecule has 8 N–H and O–H groups in total. The molecule has 0 heterocycles. The second-order valence-corrected chi connectivity index (χ2v) is 15.5. The molecule has 0 aliphatic carbocycles. The fraction of sp³-hybridized carbons (Fsp3) is 0.757. The molecule has 0 aliphatic rings. The Hall–Kier alpha value is -4.46. The predicted molar refractivity (Wildman–Crippen MR) is 212 cm³/mol. The molecule has 0 spiro atoms. The SMILES string of the molecule is CCC(=O)NC(CSCC(COC(=O)CC)OC(=O)CC)C(=O)NC(C(=O)NCNC(=O)C(NC(=O)C(NC(=O)C(NC(C)=O)C(C)C)C(C)C)C(C)C)C(C)O. The first kappa shape index (κ1) is 52.5. The number of aliphatic hydroxyl groups is 1. The van der Waals surface area contributed by atoms with Gasteiger partial charge in [-0.05, 0) is 24.7 Å². The average Bonchev–Trinajstić information content (AvgIpc) is 3.13. The highest BCUT2D eigenvalue weighted by molar-refractivity contribution is 7.99. The molecule has 0 aliphatic heterocycles. The van der Waals surface area contributed by atoms with E-state index >= 15 is 0 Å². The first-order valence-corrected chi connectivity index (χ1v) is 20.4. The number of hydrogen-bond donors (Lipinski definition) is 8. The van der Waals surface area contributed by atoms with Crippen molar-refractivity contribution in [2.45, 2.75) is 138 Å². The van der Waals surface area contributed by atoms with Crippen molar-refractivity contribution < 1.29 is 57.7 Å². The maximum Gasteiger partial charge on any atom is 0.305 e. The maximum atomic E-state index is 13.4. The van der Waals surface area contributed by atoms with Crippen LogP contribution in [0.2, 0.25) is 0 Å². The van der Waals surface area contributed by atoms with E-state index in [9.17, 15) is 48.3 Å². The second-order valence-electron chi connectivity index (χ2n) is 14.4. The van der Waals surface area contributed by atoms with Gasteiger partial charge in [0.15, 0.2) is 0 Å². The molecule has 326 valence electrons. The molecule has 0 aromatic rings. The third-order valence-corrected chi connectivity index (χ3v) is 9.43. The summed E-state index contributed by atoms with van der Waals surface area (Å²) in [5.41, 5.74) is 0. The minimum atomic E-state index is -1.52. The lowest BCUT2D eigenvalue weighted by Crippen LogP contribution is -2.60. The van der Waals surface area contributed by atoms with E-state index in [-0.39, 0.29) is 43.3 Å². The van der Waals surface area contributed by atoms with Gasteiger partial charge in [-0.25, -0.2) is 0 Å². The lowest BCUT2D eigenvalue weighted by Gasteiger charge is -2.29. The Labute approximate surface area is 339 Å².